The summed E-state index contributed by atoms with van der Waals surface area (Å²) in [5, 5.41) is 10.6. The molecule has 0 heterocycles. The van der Waals surface area contributed by atoms with Crippen LogP contribution in [0, 0.1) is 23.7 Å². The molecule has 0 spiro atoms. The fraction of sp³-hybridized carbons (Fsp3) is 0.949. The Kier molecular flexibility index (Phi) is 66.8. The molecule has 0 radical (unpaired) electrons. The van der Waals surface area contributed by atoms with Gasteiger partial charge in [-0.05, 0) is 49.4 Å². The van der Waals surface area contributed by atoms with Crippen molar-refractivity contribution in [2.24, 2.45) is 23.7 Å². The van der Waals surface area contributed by atoms with Crippen LogP contribution in [0.25, 0.3) is 0 Å². The van der Waals surface area contributed by atoms with Crippen molar-refractivity contribution in [3.05, 3.63) is 0 Å². The Labute approximate surface area is 600 Å². The van der Waals surface area contributed by atoms with Gasteiger partial charge in [-0.3, -0.25) is 37.3 Å². The van der Waals surface area contributed by atoms with E-state index in [4.69, 9.17) is 37.0 Å². The van der Waals surface area contributed by atoms with Gasteiger partial charge in [0.25, 0.3) is 0 Å². The predicted octanol–water partition coefficient (Wildman–Crippen LogP) is 23.2. The van der Waals surface area contributed by atoms with Crippen molar-refractivity contribution in [2.75, 3.05) is 39.6 Å². The van der Waals surface area contributed by atoms with Crippen LogP contribution in [0.5, 0.6) is 0 Å². The van der Waals surface area contributed by atoms with Gasteiger partial charge in [-0.25, -0.2) is 9.13 Å². The number of hydrogen-bond acceptors (Lipinski definition) is 15. The summed E-state index contributed by atoms with van der Waals surface area (Å²) in [4.78, 5) is 72.9. The number of unbranched alkanes of at least 4 members (excludes halogenated alkanes) is 41. The van der Waals surface area contributed by atoms with Crippen LogP contribution in [0.15, 0.2) is 0 Å². The summed E-state index contributed by atoms with van der Waals surface area (Å²) < 4.78 is 68.6. The van der Waals surface area contributed by atoms with Crippen LogP contribution in [0.1, 0.15) is 402 Å². The monoisotopic (exact) mass is 1440 g/mol. The summed E-state index contributed by atoms with van der Waals surface area (Å²) in [5.74, 6) is 0.939. The average molecular weight is 1440 g/mol. The Morgan fingerprint density at radius 1 is 0.286 bits per heavy atom. The van der Waals surface area contributed by atoms with Crippen molar-refractivity contribution in [3.8, 4) is 0 Å². The van der Waals surface area contributed by atoms with Crippen LogP contribution in [-0.2, 0) is 65.4 Å². The number of esters is 4. The molecule has 0 aromatic heterocycles. The second-order valence-corrected chi connectivity index (χ2v) is 33.0. The molecule has 0 aromatic rings. The van der Waals surface area contributed by atoms with E-state index in [0.717, 1.165) is 120 Å². The van der Waals surface area contributed by atoms with Crippen molar-refractivity contribution in [1.29, 1.82) is 0 Å². The molecule has 0 aliphatic heterocycles. The van der Waals surface area contributed by atoms with Crippen molar-refractivity contribution in [2.45, 2.75) is 420 Å². The minimum Gasteiger partial charge on any atom is -0.462 e. The average Bonchev–Trinajstić information content (AvgIpc) is 0.991. The number of rotatable bonds is 76. The van der Waals surface area contributed by atoms with Crippen molar-refractivity contribution >= 4 is 39.5 Å². The second-order valence-electron chi connectivity index (χ2n) is 30.1. The highest BCUT2D eigenvalue weighted by atomic mass is 31.2. The molecule has 0 fully saturated rings. The highest BCUT2D eigenvalue weighted by Crippen LogP contribution is 2.45. The SMILES string of the molecule is CCC(C)CCCCCCCCC(=O)OC[C@H](COP(=O)(O)OC[C@H](O)COP(=O)(O)OC[C@@H](COC(=O)CCCCCCCCCCCCCCCCCCCCC(C)C)OC(=O)CCCCCCCCCCCCCCCC(C)C)OC(=O)CCCCCCCCCCC(C)C. The minimum atomic E-state index is -4.96. The number of carbonyl (C=O) groups excluding carboxylic acids is 4. The molecule has 3 unspecified atom stereocenters. The maximum Gasteiger partial charge on any atom is 0.472 e. The molecule has 6 atom stereocenters. The van der Waals surface area contributed by atoms with E-state index < -0.39 is 97.5 Å². The summed E-state index contributed by atoms with van der Waals surface area (Å²) in [7, 11) is -9.92. The summed E-state index contributed by atoms with van der Waals surface area (Å²) in [6.07, 6.45) is 54.3. The van der Waals surface area contributed by atoms with Crippen molar-refractivity contribution < 1.29 is 80.2 Å². The van der Waals surface area contributed by atoms with E-state index in [1.807, 2.05) is 0 Å². The molecule has 0 aromatic carbocycles. The van der Waals surface area contributed by atoms with Crippen LogP contribution in [0.3, 0.4) is 0 Å². The first kappa shape index (κ1) is 96.1. The van der Waals surface area contributed by atoms with E-state index in [9.17, 15) is 43.2 Å². The molecule has 0 saturated heterocycles. The number of aliphatic hydroxyl groups is 1. The molecular formula is C79H154O17P2. The fourth-order valence-electron chi connectivity index (χ4n) is 12.0. The Morgan fingerprint density at radius 3 is 0.724 bits per heavy atom. The lowest BCUT2D eigenvalue weighted by Crippen LogP contribution is -2.30. The van der Waals surface area contributed by atoms with Crippen molar-refractivity contribution in [1.82, 2.24) is 0 Å². The van der Waals surface area contributed by atoms with Gasteiger partial charge in [0.05, 0.1) is 26.4 Å². The van der Waals surface area contributed by atoms with Gasteiger partial charge in [-0.2, -0.15) is 0 Å². The first-order valence-corrected chi connectivity index (χ1v) is 43.7. The van der Waals surface area contributed by atoms with E-state index in [2.05, 4.69) is 55.4 Å². The first-order chi connectivity index (χ1) is 47.1. The Morgan fingerprint density at radius 2 is 0.490 bits per heavy atom. The predicted molar refractivity (Wildman–Crippen MR) is 400 cm³/mol. The molecule has 0 rings (SSSR count). The third-order valence-corrected chi connectivity index (χ3v) is 20.6. The minimum absolute atomic E-state index is 0.103. The number of aliphatic hydroxyl groups excluding tert-OH is 1. The zero-order valence-corrected chi connectivity index (χ0v) is 66.2. The number of ether oxygens (including phenoxy) is 4. The second kappa shape index (κ2) is 68.2. The Hall–Kier alpha value is -1.94. The van der Waals surface area contributed by atoms with Crippen molar-refractivity contribution in [3.63, 3.8) is 0 Å². The van der Waals surface area contributed by atoms with Crippen LogP contribution in [-0.4, -0.2) is 96.7 Å². The van der Waals surface area contributed by atoms with Gasteiger partial charge in [0.1, 0.15) is 19.3 Å². The molecule has 0 amide bonds. The fourth-order valence-corrected chi connectivity index (χ4v) is 13.6. The van der Waals surface area contributed by atoms with E-state index in [1.54, 1.807) is 0 Å². The molecule has 0 aliphatic carbocycles. The normalized spacial score (nSPS) is 14.3. The third kappa shape index (κ3) is 71.1. The molecule has 0 bridgehead atoms. The molecule has 17 nitrogen and oxygen atoms in total. The molecule has 19 heteroatoms. The van der Waals surface area contributed by atoms with Gasteiger partial charge < -0.3 is 33.8 Å². The lowest BCUT2D eigenvalue weighted by atomic mass is 10.00. The van der Waals surface area contributed by atoms with Crippen LogP contribution >= 0.6 is 15.6 Å². The van der Waals surface area contributed by atoms with Crippen LogP contribution in [0.2, 0.25) is 0 Å². The number of phosphoric acid groups is 2. The summed E-state index contributed by atoms with van der Waals surface area (Å²) in [6, 6.07) is 0. The smallest absolute Gasteiger partial charge is 0.462 e. The Balaban J connectivity index is 5.20. The lowest BCUT2D eigenvalue weighted by Gasteiger charge is -2.21. The van der Waals surface area contributed by atoms with E-state index in [1.165, 1.54) is 199 Å². The van der Waals surface area contributed by atoms with Gasteiger partial charge in [0.15, 0.2) is 12.2 Å². The maximum absolute atomic E-state index is 13.1. The summed E-state index contributed by atoms with van der Waals surface area (Å²) in [6.45, 7) is 14.2. The largest absolute Gasteiger partial charge is 0.472 e. The molecule has 98 heavy (non-hydrogen) atoms. The highest BCUT2D eigenvalue weighted by molar-refractivity contribution is 7.47. The lowest BCUT2D eigenvalue weighted by molar-refractivity contribution is -0.161. The number of carbonyl (C=O) groups is 4. The molecule has 0 aliphatic rings. The quantitative estimate of drug-likeness (QED) is 0.0222. The van der Waals surface area contributed by atoms with Gasteiger partial charge in [-0.1, -0.05) is 351 Å². The van der Waals surface area contributed by atoms with Gasteiger partial charge in [-0.15, -0.1) is 0 Å². The topological polar surface area (TPSA) is 237 Å². The zero-order chi connectivity index (χ0) is 72.4. The van der Waals surface area contributed by atoms with E-state index in [-0.39, 0.29) is 25.7 Å². The summed E-state index contributed by atoms with van der Waals surface area (Å²) >= 11 is 0. The molecule has 582 valence electrons. The van der Waals surface area contributed by atoms with E-state index >= 15 is 0 Å². The van der Waals surface area contributed by atoms with E-state index in [0.29, 0.717) is 25.7 Å². The first-order valence-electron chi connectivity index (χ1n) is 40.7. The molecular weight excluding hydrogens is 1280 g/mol. The maximum atomic E-state index is 13.1. The number of hydrogen-bond donors (Lipinski definition) is 3. The van der Waals surface area contributed by atoms with Crippen LogP contribution < -0.4 is 0 Å². The van der Waals surface area contributed by atoms with Gasteiger partial charge in [0, 0.05) is 25.7 Å². The van der Waals surface area contributed by atoms with Gasteiger partial charge in [0.2, 0.25) is 0 Å². The summed E-state index contributed by atoms with van der Waals surface area (Å²) in [5.41, 5.74) is 0. The third-order valence-electron chi connectivity index (χ3n) is 18.7. The standard InChI is InChI=1S/C79H154O17P2/c1-9-72(8)58-50-42-37-38-44-52-60-77(82)90-66-75(96-79(84)62-54-46-36-30-29-33-41-49-57-71(6)7)68-94-98(87,88)92-64-73(80)63-91-97(85,86)93-67-74(95-78(83)61-53-45-35-28-24-20-16-18-22-26-32-40-48-56-70(4)5)65-89-76(81)59-51-43-34-27-23-19-15-13-11-10-12-14-17-21-25-31-39-47-55-69(2)3/h69-75,80H,9-68H2,1-8H3,(H,85,86)(H,87,88)/t72?,73-,74-,75-/m1/s1. The molecule has 0 saturated carbocycles. The number of phosphoric ester groups is 2. The Bertz CT molecular complexity index is 1920. The van der Waals surface area contributed by atoms with Crippen LogP contribution in [0.4, 0.5) is 0 Å². The molecule has 3 N–H and O–H groups in total. The zero-order valence-electron chi connectivity index (χ0n) is 64.4. The van der Waals surface area contributed by atoms with Gasteiger partial charge >= 0.3 is 39.5 Å². The highest BCUT2D eigenvalue weighted by Gasteiger charge is 2.30.